The van der Waals surface area contributed by atoms with Crippen molar-refractivity contribution in [2.45, 2.75) is 26.3 Å². The third kappa shape index (κ3) is 3.91. The Hall–Kier alpha value is -1.66. The zero-order valence-corrected chi connectivity index (χ0v) is 11.8. The number of fused-ring (bicyclic) bond motifs is 1. The maximum absolute atomic E-state index is 11.7. The first-order valence-corrected chi connectivity index (χ1v) is 7.05. The van der Waals surface area contributed by atoms with E-state index in [9.17, 15) is 4.79 Å². The molecule has 0 aliphatic carbocycles. The highest BCUT2D eigenvalue weighted by molar-refractivity contribution is 5.67. The van der Waals surface area contributed by atoms with Crippen molar-refractivity contribution in [1.82, 2.24) is 14.9 Å². The van der Waals surface area contributed by atoms with E-state index < -0.39 is 0 Å². The van der Waals surface area contributed by atoms with Gasteiger partial charge in [-0.15, -0.1) is 0 Å². The molecule has 0 fully saturated rings. The molecule has 0 bridgehead atoms. The summed E-state index contributed by atoms with van der Waals surface area (Å²) in [6, 6.07) is 3.51. The van der Waals surface area contributed by atoms with Crippen LogP contribution in [-0.2, 0) is 11.3 Å². The molecule has 0 radical (unpaired) electrons. The van der Waals surface area contributed by atoms with E-state index in [1.54, 1.807) is 22.9 Å². The lowest BCUT2D eigenvalue weighted by Crippen LogP contribution is -2.25. The molecule has 0 saturated carbocycles. The molecule has 1 N–H and O–H groups in total. The van der Waals surface area contributed by atoms with Gasteiger partial charge in [0.2, 0.25) is 0 Å². The van der Waals surface area contributed by atoms with Gasteiger partial charge in [-0.25, -0.2) is 9.78 Å². The third-order valence-electron chi connectivity index (χ3n) is 3.03. The number of nitrogens with one attached hydrogen (secondary N) is 1. The first-order valence-electron chi connectivity index (χ1n) is 7.05. The van der Waals surface area contributed by atoms with Crippen LogP contribution in [0.3, 0.4) is 0 Å². The number of pyridine rings is 1. The summed E-state index contributed by atoms with van der Waals surface area (Å²) in [5.74, 6) is -0.350. The Labute approximate surface area is 117 Å². The number of nitrogens with zero attached hydrogens (tertiary/aromatic N) is 2. The lowest BCUT2D eigenvalue weighted by Gasteiger charge is -2.05. The predicted octanol–water partition coefficient (Wildman–Crippen LogP) is 1.40. The molecule has 110 valence electrons. The number of aromatic nitrogens is 2. The summed E-state index contributed by atoms with van der Waals surface area (Å²) in [5.41, 5.74) is 1.14. The number of oxazole rings is 1. The Balaban J connectivity index is 1.73. The summed E-state index contributed by atoms with van der Waals surface area (Å²) in [5, 5.41) is 3.31. The van der Waals surface area contributed by atoms with Crippen LogP contribution in [0.4, 0.5) is 0 Å². The molecule has 0 unspecified atom stereocenters. The largest absolute Gasteiger partial charge is 0.421 e. The van der Waals surface area contributed by atoms with Crippen molar-refractivity contribution < 1.29 is 9.15 Å². The number of hydrogen-bond donors (Lipinski definition) is 1. The van der Waals surface area contributed by atoms with Gasteiger partial charge in [-0.05, 0) is 38.4 Å². The lowest BCUT2D eigenvalue weighted by atomic mass is 10.3. The molecule has 6 nitrogen and oxygen atoms in total. The van der Waals surface area contributed by atoms with Gasteiger partial charge < -0.3 is 14.5 Å². The third-order valence-corrected chi connectivity index (χ3v) is 3.03. The zero-order valence-electron chi connectivity index (χ0n) is 11.8. The smallest absolute Gasteiger partial charge is 0.406 e. The first kappa shape index (κ1) is 14.7. The van der Waals surface area contributed by atoms with E-state index in [2.05, 4.69) is 10.3 Å². The number of unbranched alkanes of at least 4 members (excludes halogenated alkanes) is 1. The van der Waals surface area contributed by atoms with Gasteiger partial charge in [0.05, 0.1) is 0 Å². The summed E-state index contributed by atoms with van der Waals surface area (Å²) in [6.07, 6.45) is 3.78. The minimum atomic E-state index is -0.350. The maximum Gasteiger partial charge on any atom is 0.421 e. The van der Waals surface area contributed by atoms with Gasteiger partial charge in [-0.2, -0.15) is 0 Å². The highest BCUT2D eigenvalue weighted by atomic mass is 16.5. The average Bonchev–Trinajstić information content (AvgIpc) is 2.78. The molecule has 0 atom stereocenters. The fourth-order valence-corrected chi connectivity index (χ4v) is 2.01. The van der Waals surface area contributed by atoms with E-state index in [1.165, 1.54) is 0 Å². The van der Waals surface area contributed by atoms with E-state index in [4.69, 9.17) is 9.15 Å². The standard InChI is InChI=1S/C14H21N3O3/c1-2-19-11-4-3-7-15-9-10-17-13-12(20-14(17)18)6-5-8-16-13/h5-6,8,15H,2-4,7,9-11H2,1H3. The van der Waals surface area contributed by atoms with Crippen LogP contribution < -0.4 is 11.1 Å². The van der Waals surface area contributed by atoms with Crippen LogP contribution in [0.2, 0.25) is 0 Å². The molecule has 0 aliphatic rings. The van der Waals surface area contributed by atoms with Gasteiger partial charge in [-0.1, -0.05) is 0 Å². The van der Waals surface area contributed by atoms with Crippen molar-refractivity contribution in [2.75, 3.05) is 26.3 Å². The number of ether oxygens (including phenoxy) is 1. The lowest BCUT2D eigenvalue weighted by molar-refractivity contribution is 0.143. The summed E-state index contributed by atoms with van der Waals surface area (Å²) in [7, 11) is 0. The fourth-order valence-electron chi connectivity index (χ4n) is 2.01. The number of rotatable bonds is 9. The summed E-state index contributed by atoms with van der Waals surface area (Å²) in [4.78, 5) is 15.9. The molecule has 2 heterocycles. The van der Waals surface area contributed by atoms with Gasteiger partial charge >= 0.3 is 5.76 Å². The van der Waals surface area contributed by atoms with Crippen molar-refractivity contribution in [1.29, 1.82) is 0 Å². The second-order valence-corrected chi connectivity index (χ2v) is 4.50. The van der Waals surface area contributed by atoms with Crippen LogP contribution >= 0.6 is 0 Å². The summed E-state index contributed by atoms with van der Waals surface area (Å²) >= 11 is 0. The average molecular weight is 279 g/mol. The van der Waals surface area contributed by atoms with Crippen molar-refractivity contribution in [3.63, 3.8) is 0 Å². The quantitative estimate of drug-likeness (QED) is 0.703. The van der Waals surface area contributed by atoms with Crippen LogP contribution in [-0.4, -0.2) is 35.9 Å². The molecule has 0 aliphatic heterocycles. The molecule has 6 heteroatoms. The Kier molecular flexibility index (Phi) is 5.76. The fraction of sp³-hybridized carbons (Fsp3) is 0.571. The van der Waals surface area contributed by atoms with Crippen LogP contribution in [0.15, 0.2) is 27.5 Å². The van der Waals surface area contributed by atoms with Gasteiger partial charge in [0.1, 0.15) is 0 Å². The molecule has 0 amide bonds. The first-order chi connectivity index (χ1) is 9.83. The SMILES string of the molecule is CCOCCCCNCCn1c(=O)oc2cccnc21. The van der Waals surface area contributed by atoms with E-state index >= 15 is 0 Å². The molecular formula is C14H21N3O3. The molecule has 2 rings (SSSR count). The van der Waals surface area contributed by atoms with Crippen LogP contribution in [0.1, 0.15) is 19.8 Å². The molecule has 0 saturated heterocycles. The van der Waals surface area contributed by atoms with E-state index in [0.717, 1.165) is 39.1 Å². The summed E-state index contributed by atoms with van der Waals surface area (Å²) in [6.45, 7) is 5.79. The summed E-state index contributed by atoms with van der Waals surface area (Å²) < 4.78 is 11.9. The van der Waals surface area contributed by atoms with Crippen molar-refractivity contribution >= 4 is 11.2 Å². The minimum Gasteiger partial charge on any atom is -0.406 e. The molecule has 2 aromatic rings. The number of hydrogen-bond acceptors (Lipinski definition) is 5. The van der Waals surface area contributed by atoms with Gasteiger partial charge in [0.15, 0.2) is 11.2 Å². The van der Waals surface area contributed by atoms with E-state index in [1.807, 2.05) is 6.92 Å². The Morgan fingerprint density at radius 2 is 2.30 bits per heavy atom. The molecule has 20 heavy (non-hydrogen) atoms. The highest BCUT2D eigenvalue weighted by Crippen LogP contribution is 2.07. The van der Waals surface area contributed by atoms with E-state index in [-0.39, 0.29) is 5.76 Å². The van der Waals surface area contributed by atoms with Gasteiger partial charge in [-0.3, -0.25) is 4.57 Å². The molecular weight excluding hydrogens is 258 g/mol. The maximum atomic E-state index is 11.7. The monoisotopic (exact) mass is 279 g/mol. The molecule has 2 aromatic heterocycles. The van der Waals surface area contributed by atoms with Gasteiger partial charge in [0.25, 0.3) is 0 Å². The molecule has 0 aromatic carbocycles. The highest BCUT2D eigenvalue weighted by Gasteiger charge is 2.08. The molecule has 0 spiro atoms. The van der Waals surface area contributed by atoms with Crippen molar-refractivity contribution in [3.05, 3.63) is 28.9 Å². The minimum absolute atomic E-state index is 0.350. The van der Waals surface area contributed by atoms with Crippen LogP contribution in [0, 0.1) is 0 Å². The van der Waals surface area contributed by atoms with Crippen molar-refractivity contribution in [3.8, 4) is 0 Å². The Bertz CT molecular complexity index is 576. The predicted molar refractivity (Wildman–Crippen MR) is 76.9 cm³/mol. The zero-order chi connectivity index (χ0) is 14.2. The van der Waals surface area contributed by atoms with Crippen LogP contribution in [0.5, 0.6) is 0 Å². The normalized spacial score (nSPS) is 11.2. The Morgan fingerprint density at radius 1 is 1.40 bits per heavy atom. The van der Waals surface area contributed by atoms with Gasteiger partial charge in [0, 0.05) is 32.5 Å². The van der Waals surface area contributed by atoms with E-state index in [0.29, 0.717) is 17.8 Å². The van der Waals surface area contributed by atoms with Crippen LogP contribution in [0.25, 0.3) is 11.2 Å². The second kappa shape index (κ2) is 7.81. The Morgan fingerprint density at radius 3 is 3.15 bits per heavy atom. The van der Waals surface area contributed by atoms with Crippen molar-refractivity contribution in [2.24, 2.45) is 0 Å². The topological polar surface area (TPSA) is 69.3 Å². The second-order valence-electron chi connectivity index (χ2n) is 4.50.